The topological polar surface area (TPSA) is 63.1 Å². The van der Waals surface area contributed by atoms with Crippen molar-refractivity contribution in [2.45, 2.75) is 32.9 Å². The van der Waals surface area contributed by atoms with E-state index in [2.05, 4.69) is 5.32 Å². The molecule has 0 bridgehead atoms. The van der Waals surface area contributed by atoms with E-state index in [0.717, 1.165) is 16.2 Å². The van der Waals surface area contributed by atoms with Crippen LogP contribution in [0.15, 0.2) is 24.3 Å². The van der Waals surface area contributed by atoms with Gasteiger partial charge < -0.3 is 19.9 Å². The lowest BCUT2D eigenvalue weighted by Crippen LogP contribution is -3.11. The van der Waals surface area contributed by atoms with Gasteiger partial charge >= 0.3 is 0 Å². The lowest BCUT2D eigenvalue weighted by molar-refractivity contribution is -0.863. The summed E-state index contributed by atoms with van der Waals surface area (Å²) >= 11 is 0. The molecule has 2 amide bonds. The molecule has 134 valence electrons. The van der Waals surface area contributed by atoms with Crippen LogP contribution < -0.4 is 15.0 Å². The molecule has 0 aliphatic heterocycles. The summed E-state index contributed by atoms with van der Waals surface area (Å²) in [6.07, 6.45) is 0. The van der Waals surface area contributed by atoms with Gasteiger partial charge in [0.2, 0.25) is 0 Å². The fourth-order valence-electron chi connectivity index (χ4n) is 2.37. The number of methoxy groups -OCH3 is 1. The molecule has 6 nitrogen and oxygen atoms in total. The van der Waals surface area contributed by atoms with Gasteiger partial charge in [0.1, 0.15) is 5.75 Å². The minimum absolute atomic E-state index is 0.0121. The van der Waals surface area contributed by atoms with Crippen LogP contribution in [0, 0.1) is 0 Å². The van der Waals surface area contributed by atoms with Gasteiger partial charge in [0, 0.05) is 24.7 Å². The van der Waals surface area contributed by atoms with Crippen molar-refractivity contribution in [2.75, 3.05) is 34.3 Å². The Balaban J connectivity index is 2.53. The number of hydrogen-bond acceptors (Lipinski definition) is 3. The highest BCUT2D eigenvalue weighted by Gasteiger charge is 2.20. The normalized spacial score (nSPS) is 12.4. The molecule has 0 fully saturated rings. The SMILES string of the molecule is COc1ccccc1CN(C)C(=O)C[NH+](C)CC(=O)NC(C)(C)C. The lowest BCUT2D eigenvalue weighted by atomic mass is 10.1. The quantitative estimate of drug-likeness (QED) is 0.741. The summed E-state index contributed by atoms with van der Waals surface area (Å²) in [5.41, 5.74) is 0.696. The minimum Gasteiger partial charge on any atom is -0.496 e. The maximum atomic E-state index is 12.4. The first-order chi connectivity index (χ1) is 11.1. The van der Waals surface area contributed by atoms with Crippen molar-refractivity contribution in [3.05, 3.63) is 29.8 Å². The average Bonchev–Trinajstić information content (AvgIpc) is 2.45. The average molecular weight is 336 g/mol. The fourth-order valence-corrected chi connectivity index (χ4v) is 2.37. The van der Waals surface area contributed by atoms with Gasteiger partial charge in [-0.1, -0.05) is 18.2 Å². The Kier molecular flexibility index (Phi) is 7.22. The van der Waals surface area contributed by atoms with Crippen LogP contribution in [0.25, 0.3) is 0 Å². The van der Waals surface area contributed by atoms with Crippen molar-refractivity contribution in [1.29, 1.82) is 0 Å². The monoisotopic (exact) mass is 336 g/mol. The Morgan fingerprint density at radius 1 is 1.21 bits per heavy atom. The number of para-hydroxylation sites is 1. The highest BCUT2D eigenvalue weighted by Crippen LogP contribution is 2.18. The summed E-state index contributed by atoms with van der Waals surface area (Å²) in [5.74, 6) is 0.699. The van der Waals surface area contributed by atoms with Crippen LogP contribution in [0.1, 0.15) is 26.3 Å². The second-order valence-electron chi connectivity index (χ2n) is 7.17. The number of benzene rings is 1. The van der Waals surface area contributed by atoms with Crippen LogP contribution in [0.5, 0.6) is 5.75 Å². The number of carbonyl (C=O) groups is 2. The van der Waals surface area contributed by atoms with Gasteiger partial charge in [-0.05, 0) is 26.8 Å². The standard InChI is InChI=1S/C18H29N3O3/c1-18(2,3)19-16(22)12-20(4)13-17(23)21(5)11-14-9-7-8-10-15(14)24-6/h7-10H,11-13H2,1-6H3,(H,19,22)/p+1. The van der Waals surface area contributed by atoms with Crippen molar-refractivity contribution in [1.82, 2.24) is 10.2 Å². The smallest absolute Gasteiger partial charge is 0.277 e. The first kappa shape index (κ1) is 20.0. The van der Waals surface area contributed by atoms with E-state index in [0.29, 0.717) is 6.54 Å². The molecule has 0 aliphatic rings. The Morgan fingerprint density at radius 2 is 1.83 bits per heavy atom. The van der Waals surface area contributed by atoms with Gasteiger partial charge in [0.05, 0.1) is 14.2 Å². The van der Waals surface area contributed by atoms with E-state index in [1.807, 2.05) is 52.1 Å². The molecule has 0 radical (unpaired) electrons. The van der Waals surface area contributed by atoms with Gasteiger partial charge in [-0.15, -0.1) is 0 Å². The molecular formula is C18H30N3O3+. The van der Waals surface area contributed by atoms with Crippen molar-refractivity contribution in [3.8, 4) is 5.75 Å². The van der Waals surface area contributed by atoms with Crippen LogP contribution in [-0.4, -0.2) is 56.5 Å². The summed E-state index contributed by atoms with van der Waals surface area (Å²) in [7, 11) is 5.22. The first-order valence-electron chi connectivity index (χ1n) is 8.10. The number of nitrogens with zero attached hydrogens (tertiary/aromatic N) is 1. The molecular weight excluding hydrogens is 306 g/mol. The number of quaternary nitrogens is 1. The number of amides is 2. The lowest BCUT2D eigenvalue weighted by Gasteiger charge is -2.23. The highest BCUT2D eigenvalue weighted by atomic mass is 16.5. The van der Waals surface area contributed by atoms with Gasteiger partial charge in [-0.3, -0.25) is 9.59 Å². The molecule has 0 aromatic heterocycles. The van der Waals surface area contributed by atoms with Crippen LogP contribution in [0.4, 0.5) is 0 Å². The number of ether oxygens (including phenoxy) is 1. The third-order valence-electron chi connectivity index (χ3n) is 3.46. The molecule has 1 aromatic carbocycles. The van der Waals surface area contributed by atoms with E-state index >= 15 is 0 Å². The predicted octanol–water partition coefficient (Wildman–Crippen LogP) is 0.0830. The second kappa shape index (κ2) is 8.68. The van der Waals surface area contributed by atoms with Crippen molar-refractivity contribution in [2.24, 2.45) is 0 Å². The molecule has 1 unspecified atom stereocenters. The molecule has 1 rings (SSSR count). The molecule has 1 aromatic rings. The van der Waals surface area contributed by atoms with Crippen LogP contribution >= 0.6 is 0 Å². The number of nitrogens with one attached hydrogen (secondary N) is 2. The number of likely N-dealkylation sites (N-methyl/N-ethyl adjacent to an activating group) is 2. The first-order valence-corrected chi connectivity index (χ1v) is 8.10. The largest absolute Gasteiger partial charge is 0.496 e. The number of carbonyl (C=O) groups excluding carboxylic acids is 2. The van der Waals surface area contributed by atoms with Crippen molar-refractivity contribution in [3.63, 3.8) is 0 Å². The van der Waals surface area contributed by atoms with Crippen LogP contribution in [-0.2, 0) is 16.1 Å². The Morgan fingerprint density at radius 3 is 2.42 bits per heavy atom. The van der Waals surface area contributed by atoms with E-state index in [4.69, 9.17) is 4.74 Å². The summed E-state index contributed by atoms with van der Waals surface area (Å²) in [4.78, 5) is 26.8. The molecule has 0 saturated carbocycles. The molecule has 6 heteroatoms. The molecule has 0 heterocycles. The maximum absolute atomic E-state index is 12.4. The van der Waals surface area contributed by atoms with Gasteiger partial charge in [-0.2, -0.15) is 0 Å². The van der Waals surface area contributed by atoms with E-state index < -0.39 is 0 Å². The van der Waals surface area contributed by atoms with Crippen LogP contribution in [0.2, 0.25) is 0 Å². The summed E-state index contributed by atoms with van der Waals surface area (Å²) in [6.45, 7) is 6.82. The zero-order valence-corrected chi connectivity index (χ0v) is 15.6. The molecule has 0 spiro atoms. The van der Waals surface area contributed by atoms with E-state index in [1.165, 1.54) is 0 Å². The Bertz CT molecular complexity index is 567. The molecule has 2 N–H and O–H groups in total. The zero-order valence-electron chi connectivity index (χ0n) is 15.6. The molecule has 0 aliphatic carbocycles. The summed E-state index contributed by atoms with van der Waals surface area (Å²) < 4.78 is 5.31. The van der Waals surface area contributed by atoms with Gasteiger partial charge in [0.15, 0.2) is 13.1 Å². The minimum atomic E-state index is -0.262. The summed E-state index contributed by atoms with van der Waals surface area (Å²) in [5, 5.41) is 2.91. The Hall–Kier alpha value is -2.08. The molecule has 1 atom stereocenters. The number of rotatable bonds is 7. The van der Waals surface area contributed by atoms with Crippen LogP contribution in [0.3, 0.4) is 0 Å². The predicted molar refractivity (Wildman–Crippen MR) is 94.0 cm³/mol. The third-order valence-corrected chi connectivity index (χ3v) is 3.46. The molecule has 0 saturated heterocycles. The summed E-state index contributed by atoms with van der Waals surface area (Å²) in [6, 6.07) is 7.64. The number of hydrogen-bond donors (Lipinski definition) is 2. The third kappa shape index (κ3) is 7.00. The van der Waals surface area contributed by atoms with E-state index in [-0.39, 0.29) is 30.4 Å². The molecule has 24 heavy (non-hydrogen) atoms. The van der Waals surface area contributed by atoms with Gasteiger partial charge in [-0.25, -0.2) is 0 Å². The zero-order chi connectivity index (χ0) is 18.3. The van der Waals surface area contributed by atoms with E-state index in [1.54, 1.807) is 19.1 Å². The van der Waals surface area contributed by atoms with Crippen molar-refractivity contribution < 1.29 is 19.2 Å². The highest BCUT2D eigenvalue weighted by molar-refractivity contribution is 5.79. The van der Waals surface area contributed by atoms with Gasteiger partial charge in [0.25, 0.3) is 11.8 Å². The Labute approximate surface area is 144 Å². The maximum Gasteiger partial charge on any atom is 0.277 e. The van der Waals surface area contributed by atoms with Crippen molar-refractivity contribution >= 4 is 11.8 Å². The second-order valence-corrected chi connectivity index (χ2v) is 7.17. The van der Waals surface area contributed by atoms with E-state index in [9.17, 15) is 9.59 Å². The fraction of sp³-hybridized carbons (Fsp3) is 0.556.